The van der Waals surface area contributed by atoms with Gasteiger partial charge in [-0.05, 0) is 31.9 Å². The minimum absolute atomic E-state index is 0.138. The summed E-state index contributed by atoms with van der Waals surface area (Å²) < 4.78 is 10.5. The van der Waals surface area contributed by atoms with Crippen molar-refractivity contribution in [3.8, 4) is 6.07 Å². The van der Waals surface area contributed by atoms with Gasteiger partial charge < -0.3 is 9.47 Å². The van der Waals surface area contributed by atoms with E-state index in [4.69, 9.17) is 9.47 Å². The first-order valence-corrected chi connectivity index (χ1v) is 6.38. The van der Waals surface area contributed by atoms with Gasteiger partial charge in [0.05, 0.1) is 17.0 Å². The molecule has 0 bridgehead atoms. The topological polar surface area (TPSA) is 59.3 Å². The van der Waals surface area contributed by atoms with Crippen molar-refractivity contribution in [1.82, 2.24) is 0 Å². The van der Waals surface area contributed by atoms with Gasteiger partial charge in [-0.1, -0.05) is 17.7 Å². The maximum absolute atomic E-state index is 11.9. The second kappa shape index (κ2) is 5.85. The zero-order valence-electron chi connectivity index (χ0n) is 11.0. The molecule has 1 aromatic rings. The van der Waals surface area contributed by atoms with Crippen LogP contribution in [0.4, 0.5) is 0 Å². The van der Waals surface area contributed by atoms with Gasteiger partial charge in [0.15, 0.2) is 0 Å². The smallest absolute Gasteiger partial charge is 0.338 e. The third kappa shape index (κ3) is 3.33. The molecule has 1 aromatic carbocycles. The summed E-state index contributed by atoms with van der Waals surface area (Å²) in [5, 5.41) is 9.26. The van der Waals surface area contributed by atoms with Gasteiger partial charge in [0, 0.05) is 13.2 Å². The number of ether oxygens (including phenoxy) is 2. The third-order valence-electron chi connectivity index (χ3n) is 3.45. The fourth-order valence-electron chi connectivity index (χ4n) is 2.03. The van der Waals surface area contributed by atoms with E-state index in [2.05, 4.69) is 6.07 Å². The molecule has 100 valence electrons. The molecule has 1 heterocycles. The Bertz CT molecular complexity index is 481. The number of hydrogen-bond acceptors (Lipinski definition) is 4. The number of aryl methyl sites for hydroxylation is 1. The third-order valence-corrected chi connectivity index (χ3v) is 3.45. The standard InChI is InChI=1S/C15H17NO3/c1-12-2-4-13(5-3-12)14(17)19-11-15(10-16)6-8-18-9-7-15/h2-5H,6-9,11H2,1H3. The van der Waals surface area contributed by atoms with Crippen LogP contribution in [0, 0.1) is 23.7 Å². The average Bonchev–Trinajstić information content (AvgIpc) is 2.46. The molecule has 0 amide bonds. The Morgan fingerprint density at radius 3 is 2.58 bits per heavy atom. The van der Waals surface area contributed by atoms with E-state index in [-0.39, 0.29) is 12.6 Å². The zero-order chi connectivity index (χ0) is 13.7. The largest absolute Gasteiger partial charge is 0.460 e. The number of nitrogens with zero attached hydrogens (tertiary/aromatic N) is 1. The Hall–Kier alpha value is -1.86. The van der Waals surface area contributed by atoms with Crippen LogP contribution in [-0.4, -0.2) is 25.8 Å². The molecule has 0 atom stereocenters. The zero-order valence-corrected chi connectivity index (χ0v) is 11.0. The first-order valence-electron chi connectivity index (χ1n) is 6.38. The van der Waals surface area contributed by atoms with E-state index in [1.165, 1.54) is 0 Å². The lowest BCUT2D eigenvalue weighted by atomic mass is 9.83. The molecule has 0 N–H and O–H groups in total. The monoisotopic (exact) mass is 259 g/mol. The fraction of sp³-hybridized carbons (Fsp3) is 0.467. The van der Waals surface area contributed by atoms with Gasteiger partial charge in [-0.15, -0.1) is 0 Å². The lowest BCUT2D eigenvalue weighted by Crippen LogP contribution is -2.33. The van der Waals surface area contributed by atoms with Crippen LogP contribution in [0.15, 0.2) is 24.3 Å². The number of hydrogen-bond donors (Lipinski definition) is 0. The highest BCUT2D eigenvalue weighted by atomic mass is 16.5. The van der Waals surface area contributed by atoms with Gasteiger partial charge in [-0.3, -0.25) is 0 Å². The quantitative estimate of drug-likeness (QED) is 0.782. The predicted octanol–water partition coefficient (Wildman–Crippen LogP) is 2.47. The maximum atomic E-state index is 11.9. The lowest BCUT2D eigenvalue weighted by molar-refractivity contribution is -0.00466. The Kier molecular flexibility index (Phi) is 4.18. The van der Waals surface area contributed by atoms with Gasteiger partial charge in [-0.25, -0.2) is 4.79 Å². The molecule has 1 aliphatic heterocycles. The minimum atomic E-state index is -0.585. The Morgan fingerprint density at radius 2 is 2.00 bits per heavy atom. The first-order chi connectivity index (χ1) is 9.15. The summed E-state index contributed by atoms with van der Waals surface area (Å²) in [7, 11) is 0. The molecule has 0 aromatic heterocycles. The molecule has 0 radical (unpaired) electrons. The van der Waals surface area contributed by atoms with Gasteiger partial charge in [-0.2, -0.15) is 5.26 Å². The van der Waals surface area contributed by atoms with Crippen molar-refractivity contribution < 1.29 is 14.3 Å². The summed E-state index contributed by atoms with van der Waals surface area (Å²) in [6.07, 6.45) is 1.23. The predicted molar refractivity (Wildman–Crippen MR) is 69.6 cm³/mol. The van der Waals surface area contributed by atoms with Crippen LogP contribution >= 0.6 is 0 Å². The van der Waals surface area contributed by atoms with Crippen molar-refractivity contribution in [2.45, 2.75) is 19.8 Å². The van der Waals surface area contributed by atoms with E-state index in [1.807, 2.05) is 19.1 Å². The van der Waals surface area contributed by atoms with Crippen molar-refractivity contribution >= 4 is 5.97 Å². The lowest BCUT2D eigenvalue weighted by Gasteiger charge is -2.29. The van der Waals surface area contributed by atoms with Crippen molar-refractivity contribution in [2.24, 2.45) is 5.41 Å². The number of rotatable bonds is 3. The summed E-state index contributed by atoms with van der Waals surface area (Å²) in [5.41, 5.74) is 1.03. The summed E-state index contributed by atoms with van der Waals surface area (Å²) in [6, 6.07) is 9.48. The van der Waals surface area contributed by atoms with Crippen LogP contribution in [0.25, 0.3) is 0 Å². The molecule has 1 saturated heterocycles. The molecule has 0 unspecified atom stereocenters. The Balaban J connectivity index is 1.96. The van der Waals surface area contributed by atoms with Gasteiger partial charge in [0.25, 0.3) is 0 Å². The highest BCUT2D eigenvalue weighted by Gasteiger charge is 2.34. The summed E-state index contributed by atoms with van der Waals surface area (Å²) >= 11 is 0. The second-order valence-electron chi connectivity index (χ2n) is 4.95. The number of benzene rings is 1. The molecular weight excluding hydrogens is 242 g/mol. The SMILES string of the molecule is Cc1ccc(C(=O)OCC2(C#N)CCOCC2)cc1. The van der Waals surface area contributed by atoms with Gasteiger partial charge in [0.2, 0.25) is 0 Å². The Labute approximate surface area is 112 Å². The number of carbonyl (C=O) groups is 1. The fourth-order valence-corrected chi connectivity index (χ4v) is 2.03. The molecule has 0 spiro atoms. The van der Waals surface area contributed by atoms with E-state index in [0.29, 0.717) is 31.6 Å². The van der Waals surface area contributed by atoms with Gasteiger partial charge in [0.1, 0.15) is 6.61 Å². The second-order valence-corrected chi connectivity index (χ2v) is 4.95. The van der Waals surface area contributed by atoms with Crippen molar-refractivity contribution in [2.75, 3.05) is 19.8 Å². The highest BCUT2D eigenvalue weighted by Crippen LogP contribution is 2.30. The van der Waals surface area contributed by atoms with Crippen molar-refractivity contribution in [3.63, 3.8) is 0 Å². The average molecular weight is 259 g/mol. The van der Waals surface area contributed by atoms with Crippen LogP contribution in [0.1, 0.15) is 28.8 Å². The van der Waals surface area contributed by atoms with Crippen LogP contribution < -0.4 is 0 Å². The van der Waals surface area contributed by atoms with E-state index in [1.54, 1.807) is 12.1 Å². The maximum Gasteiger partial charge on any atom is 0.338 e. The molecule has 0 aliphatic carbocycles. The summed E-state index contributed by atoms with van der Waals surface area (Å²) in [4.78, 5) is 11.9. The van der Waals surface area contributed by atoms with Crippen LogP contribution in [-0.2, 0) is 9.47 Å². The minimum Gasteiger partial charge on any atom is -0.460 e. The van der Waals surface area contributed by atoms with Crippen molar-refractivity contribution in [3.05, 3.63) is 35.4 Å². The van der Waals surface area contributed by atoms with Gasteiger partial charge >= 0.3 is 5.97 Å². The van der Waals surface area contributed by atoms with E-state index < -0.39 is 5.41 Å². The molecule has 0 saturated carbocycles. The van der Waals surface area contributed by atoms with E-state index in [0.717, 1.165) is 5.56 Å². The molecule has 1 fully saturated rings. The first kappa shape index (κ1) is 13.6. The number of carbonyl (C=O) groups excluding carboxylic acids is 1. The summed E-state index contributed by atoms with van der Waals surface area (Å²) in [6.45, 7) is 3.20. The molecule has 4 nitrogen and oxygen atoms in total. The molecular formula is C15H17NO3. The number of nitriles is 1. The molecule has 2 rings (SSSR count). The molecule has 1 aliphatic rings. The summed E-state index contributed by atoms with van der Waals surface area (Å²) in [5.74, 6) is -0.374. The van der Waals surface area contributed by atoms with Crippen molar-refractivity contribution in [1.29, 1.82) is 5.26 Å². The highest BCUT2D eigenvalue weighted by molar-refractivity contribution is 5.89. The van der Waals surface area contributed by atoms with Crippen LogP contribution in [0.5, 0.6) is 0 Å². The van der Waals surface area contributed by atoms with Crippen LogP contribution in [0.2, 0.25) is 0 Å². The molecule has 19 heavy (non-hydrogen) atoms. The van der Waals surface area contributed by atoms with Crippen LogP contribution in [0.3, 0.4) is 0 Å². The number of esters is 1. The van der Waals surface area contributed by atoms with E-state index in [9.17, 15) is 10.1 Å². The normalized spacial score (nSPS) is 17.5. The van der Waals surface area contributed by atoms with E-state index >= 15 is 0 Å². The Morgan fingerprint density at radius 1 is 1.37 bits per heavy atom. The molecule has 4 heteroatoms.